The van der Waals surface area contributed by atoms with Crippen molar-refractivity contribution >= 4 is 16.2 Å². The first-order valence-electron chi connectivity index (χ1n) is 11.5. The lowest BCUT2D eigenvalue weighted by atomic mass is 10.0. The van der Waals surface area contributed by atoms with Crippen LogP contribution in [-0.2, 0) is 25.5 Å². The van der Waals surface area contributed by atoms with E-state index in [1.807, 2.05) is 0 Å². The number of hydrogen-bond donors (Lipinski definition) is 3. The molecule has 0 spiro atoms. The highest BCUT2D eigenvalue weighted by Gasteiger charge is 2.28. The summed E-state index contributed by atoms with van der Waals surface area (Å²) in [4.78, 5) is 12.3. The fraction of sp³-hybridized carbons (Fsp3) is 0.480. The molecule has 1 aliphatic heterocycles. The van der Waals surface area contributed by atoms with Crippen molar-refractivity contribution in [3.63, 3.8) is 0 Å². The van der Waals surface area contributed by atoms with Gasteiger partial charge in [-0.15, -0.1) is 0 Å². The molecule has 0 aromatic heterocycles. The van der Waals surface area contributed by atoms with Crippen LogP contribution in [0.1, 0.15) is 50.8 Å². The summed E-state index contributed by atoms with van der Waals surface area (Å²) >= 11 is 0. The molecule has 1 heterocycles. The van der Waals surface area contributed by atoms with Gasteiger partial charge in [0.1, 0.15) is 11.7 Å². The van der Waals surface area contributed by atoms with Crippen molar-refractivity contribution in [2.75, 3.05) is 13.2 Å². The zero-order chi connectivity index (χ0) is 24.8. The van der Waals surface area contributed by atoms with Gasteiger partial charge in [-0.3, -0.25) is 4.18 Å². The smallest absolute Gasteiger partial charge is 0.408 e. The minimum atomic E-state index is -4.10. The van der Waals surface area contributed by atoms with Gasteiger partial charge < -0.3 is 20.5 Å². The van der Waals surface area contributed by atoms with Gasteiger partial charge >= 0.3 is 6.09 Å². The van der Waals surface area contributed by atoms with E-state index in [1.54, 1.807) is 63.2 Å². The van der Waals surface area contributed by atoms with Crippen LogP contribution < -0.4 is 10.6 Å². The minimum Gasteiger partial charge on any atom is -0.444 e. The van der Waals surface area contributed by atoms with Crippen molar-refractivity contribution in [1.82, 2.24) is 10.6 Å². The average Bonchev–Trinajstić information content (AvgIpc) is 3.29. The fourth-order valence-corrected chi connectivity index (χ4v) is 4.72. The van der Waals surface area contributed by atoms with Crippen LogP contribution in [0.15, 0.2) is 59.5 Å². The molecular weight excluding hydrogens is 456 g/mol. The van der Waals surface area contributed by atoms with Crippen molar-refractivity contribution in [2.45, 2.75) is 68.7 Å². The van der Waals surface area contributed by atoms with Gasteiger partial charge in [0.15, 0.2) is 0 Å². The third-order valence-corrected chi connectivity index (χ3v) is 6.78. The fourth-order valence-electron chi connectivity index (χ4n) is 3.79. The molecule has 0 bridgehead atoms. The summed E-state index contributed by atoms with van der Waals surface area (Å²) in [6.45, 7) is 5.68. The highest BCUT2D eigenvalue weighted by Crippen LogP contribution is 2.21. The summed E-state index contributed by atoms with van der Waals surface area (Å²) in [6, 6.07) is 14.6. The Kier molecular flexibility index (Phi) is 8.70. The van der Waals surface area contributed by atoms with Gasteiger partial charge in [-0.25, -0.2) is 4.79 Å². The molecule has 2 aromatic carbocycles. The summed E-state index contributed by atoms with van der Waals surface area (Å²) in [5.41, 5.74) is 0.798. The van der Waals surface area contributed by atoms with Crippen LogP contribution in [0.4, 0.5) is 4.79 Å². The minimum absolute atomic E-state index is 0.0147. The average molecular weight is 491 g/mol. The number of benzene rings is 2. The van der Waals surface area contributed by atoms with Gasteiger partial charge in [0.25, 0.3) is 10.1 Å². The summed E-state index contributed by atoms with van der Waals surface area (Å²) in [5, 5.41) is 16.8. The van der Waals surface area contributed by atoms with E-state index in [2.05, 4.69) is 10.6 Å². The first-order chi connectivity index (χ1) is 16.0. The third kappa shape index (κ3) is 7.80. The van der Waals surface area contributed by atoms with Gasteiger partial charge in [-0.2, -0.15) is 8.42 Å². The van der Waals surface area contributed by atoms with Crippen molar-refractivity contribution in [3.8, 4) is 0 Å². The molecule has 1 unspecified atom stereocenters. The van der Waals surface area contributed by atoms with Gasteiger partial charge in [0, 0.05) is 6.04 Å². The summed E-state index contributed by atoms with van der Waals surface area (Å²) in [7, 11) is -4.10. The van der Waals surface area contributed by atoms with Crippen LogP contribution in [0.25, 0.3) is 0 Å². The molecule has 0 radical (unpaired) electrons. The van der Waals surface area contributed by atoms with Crippen molar-refractivity contribution in [3.05, 3.63) is 65.7 Å². The normalized spacial score (nSPS) is 18.3. The number of carbonyl (C=O) groups excluding carboxylic acids is 1. The number of alkyl carbamates (subject to hydrolysis) is 1. The molecule has 8 nitrogen and oxygen atoms in total. The second-order valence-corrected chi connectivity index (χ2v) is 11.1. The van der Waals surface area contributed by atoms with E-state index in [0.717, 1.165) is 31.4 Å². The predicted octanol–water partition coefficient (Wildman–Crippen LogP) is 3.31. The number of rotatable bonds is 9. The number of ether oxygens (including phenoxy) is 1. The molecule has 3 atom stereocenters. The molecule has 186 valence electrons. The number of hydrogen-bond acceptors (Lipinski definition) is 7. The third-order valence-electron chi connectivity index (χ3n) is 5.48. The molecule has 1 amide bonds. The molecule has 34 heavy (non-hydrogen) atoms. The Hall–Kier alpha value is -2.46. The highest BCUT2D eigenvalue weighted by molar-refractivity contribution is 7.86. The van der Waals surface area contributed by atoms with Crippen LogP contribution >= 0.6 is 0 Å². The molecule has 1 saturated heterocycles. The van der Waals surface area contributed by atoms with E-state index in [4.69, 9.17) is 8.92 Å². The summed E-state index contributed by atoms with van der Waals surface area (Å²) in [6.07, 6.45) is 1.12. The number of amides is 1. The summed E-state index contributed by atoms with van der Waals surface area (Å²) < 4.78 is 36.1. The zero-order valence-electron chi connectivity index (χ0n) is 19.9. The monoisotopic (exact) mass is 490 g/mol. The maximum atomic E-state index is 12.8. The van der Waals surface area contributed by atoms with E-state index in [-0.39, 0.29) is 4.90 Å². The second kappa shape index (κ2) is 11.3. The number of nitrogens with one attached hydrogen (secondary N) is 2. The van der Waals surface area contributed by atoms with Crippen LogP contribution in [-0.4, -0.2) is 50.5 Å². The van der Waals surface area contributed by atoms with E-state index >= 15 is 0 Å². The second-order valence-electron chi connectivity index (χ2n) is 9.49. The lowest BCUT2D eigenvalue weighted by molar-refractivity contribution is 0.0369. The SMILES string of the molecule is CC(C)(C)OC(=O)N[C@H](COS(=O)(=O)c1ccc(CC2CCCN2)cc1)[C@H](O)c1ccccc1. The number of aliphatic hydroxyl groups excluding tert-OH is 1. The van der Waals surface area contributed by atoms with Crippen LogP contribution in [0, 0.1) is 0 Å². The zero-order valence-corrected chi connectivity index (χ0v) is 20.7. The molecule has 2 aromatic rings. The lowest BCUT2D eigenvalue weighted by Gasteiger charge is -2.26. The Morgan fingerprint density at radius 1 is 1.15 bits per heavy atom. The maximum Gasteiger partial charge on any atom is 0.408 e. The number of carbonyl (C=O) groups is 1. The molecule has 3 N–H and O–H groups in total. The first-order valence-corrected chi connectivity index (χ1v) is 12.9. The highest BCUT2D eigenvalue weighted by atomic mass is 32.2. The van der Waals surface area contributed by atoms with Gasteiger partial charge in [0.2, 0.25) is 0 Å². The molecule has 9 heteroatoms. The first kappa shape index (κ1) is 26.2. The van der Waals surface area contributed by atoms with Crippen molar-refractivity contribution in [2.24, 2.45) is 0 Å². The van der Waals surface area contributed by atoms with E-state index in [0.29, 0.717) is 11.6 Å². The summed E-state index contributed by atoms with van der Waals surface area (Å²) in [5.74, 6) is 0. The van der Waals surface area contributed by atoms with Gasteiger partial charge in [-0.05, 0) is 69.8 Å². The lowest BCUT2D eigenvalue weighted by Crippen LogP contribution is -2.45. The molecular formula is C25H34N2O6S. The Balaban J connectivity index is 1.68. The van der Waals surface area contributed by atoms with E-state index in [9.17, 15) is 18.3 Å². The Labute approximate surface area is 201 Å². The molecule has 1 fully saturated rings. The quantitative estimate of drug-likeness (QED) is 0.462. The Morgan fingerprint density at radius 3 is 2.41 bits per heavy atom. The van der Waals surface area contributed by atoms with Crippen molar-refractivity contribution < 1.29 is 27.2 Å². The Bertz CT molecular complexity index is 1030. The molecule has 3 rings (SSSR count). The standard InChI is InChI=1S/C25H34N2O6S/c1-25(2,3)33-24(29)27-22(23(28)19-8-5-4-6-9-19)17-32-34(30,31)21-13-11-18(12-14-21)16-20-10-7-15-26-20/h4-6,8-9,11-14,20,22-23,26,28H,7,10,15-17H2,1-3H3,(H,27,29)/t20?,22-,23-/m1/s1. The van der Waals surface area contributed by atoms with Crippen LogP contribution in [0.5, 0.6) is 0 Å². The molecule has 0 saturated carbocycles. The van der Waals surface area contributed by atoms with Crippen molar-refractivity contribution in [1.29, 1.82) is 0 Å². The van der Waals surface area contributed by atoms with E-state index < -0.39 is 40.6 Å². The predicted molar refractivity (Wildman–Crippen MR) is 129 cm³/mol. The van der Waals surface area contributed by atoms with Gasteiger partial charge in [-0.1, -0.05) is 42.5 Å². The van der Waals surface area contributed by atoms with Crippen LogP contribution in [0.3, 0.4) is 0 Å². The largest absolute Gasteiger partial charge is 0.444 e. The maximum absolute atomic E-state index is 12.8. The molecule has 1 aliphatic rings. The number of aliphatic hydroxyl groups is 1. The topological polar surface area (TPSA) is 114 Å². The van der Waals surface area contributed by atoms with Crippen LogP contribution in [0.2, 0.25) is 0 Å². The Morgan fingerprint density at radius 2 is 1.82 bits per heavy atom. The van der Waals surface area contributed by atoms with E-state index in [1.165, 1.54) is 12.1 Å². The molecule has 0 aliphatic carbocycles. The van der Waals surface area contributed by atoms with Gasteiger partial charge in [0.05, 0.1) is 17.5 Å².